The number of aliphatic hydroxyl groups is 1. The lowest BCUT2D eigenvalue weighted by molar-refractivity contribution is -0.132. The molecule has 1 amide bonds. The molecule has 0 radical (unpaired) electrons. The van der Waals surface area contributed by atoms with Crippen LogP contribution in [0.3, 0.4) is 0 Å². The largest absolute Gasteiger partial charge is 0.507 e. The number of Topliss-reactive ketones (excluding diaryl/α,β-unsaturated/α-hetero) is 1. The van der Waals surface area contributed by atoms with E-state index in [2.05, 4.69) is 15.1 Å². The fraction of sp³-hybridized carbons (Fsp3) is 0.200. The van der Waals surface area contributed by atoms with Crippen LogP contribution in [-0.4, -0.2) is 31.9 Å². The summed E-state index contributed by atoms with van der Waals surface area (Å²) in [6.45, 7) is 5.29. The first kappa shape index (κ1) is 17.7. The summed E-state index contributed by atoms with van der Waals surface area (Å²) >= 11 is 0. The average molecular weight is 378 g/mol. The summed E-state index contributed by atoms with van der Waals surface area (Å²) in [6, 6.07) is 5.83. The zero-order valence-corrected chi connectivity index (χ0v) is 15.6. The van der Waals surface area contributed by atoms with Crippen LogP contribution in [0.4, 0.5) is 5.82 Å². The molecule has 0 spiro atoms. The highest BCUT2D eigenvalue weighted by Crippen LogP contribution is 2.41. The SMILES string of the molecule is Cc1cc(N2C(=O)C(=O)/C(=C(/O)c3c(C)c[nH]c3C)C2c2ccccn2)no1. The van der Waals surface area contributed by atoms with Crippen molar-refractivity contribution >= 4 is 23.3 Å². The van der Waals surface area contributed by atoms with E-state index in [1.165, 1.54) is 4.90 Å². The van der Waals surface area contributed by atoms with E-state index in [4.69, 9.17) is 4.52 Å². The predicted molar refractivity (Wildman–Crippen MR) is 101 cm³/mol. The molecule has 1 atom stereocenters. The Morgan fingerprint density at radius 3 is 2.61 bits per heavy atom. The third-order valence-electron chi connectivity index (χ3n) is 4.79. The number of aliphatic hydroxyl groups excluding tert-OH is 1. The zero-order chi connectivity index (χ0) is 20.0. The van der Waals surface area contributed by atoms with Crippen LogP contribution in [0.1, 0.15) is 34.3 Å². The van der Waals surface area contributed by atoms with Gasteiger partial charge in [0.05, 0.1) is 11.3 Å². The molecule has 1 aliphatic heterocycles. The number of carbonyl (C=O) groups is 2. The Morgan fingerprint density at radius 2 is 2.04 bits per heavy atom. The van der Waals surface area contributed by atoms with Gasteiger partial charge >= 0.3 is 5.91 Å². The Morgan fingerprint density at radius 1 is 1.25 bits per heavy atom. The molecule has 4 rings (SSSR count). The normalized spacial score (nSPS) is 18.8. The van der Waals surface area contributed by atoms with Gasteiger partial charge in [-0.05, 0) is 38.5 Å². The van der Waals surface area contributed by atoms with Crippen LogP contribution in [0.5, 0.6) is 0 Å². The van der Waals surface area contributed by atoms with Gasteiger partial charge in [-0.3, -0.25) is 19.5 Å². The number of pyridine rings is 1. The van der Waals surface area contributed by atoms with Gasteiger partial charge in [0.15, 0.2) is 5.82 Å². The lowest BCUT2D eigenvalue weighted by Crippen LogP contribution is -2.30. The molecule has 8 nitrogen and oxygen atoms in total. The summed E-state index contributed by atoms with van der Waals surface area (Å²) < 4.78 is 5.09. The second-order valence-corrected chi connectivity index (χ2v) is 6.69. The number of nitrogens with one attached hydrogen (secondary N) is 1. The van der Waals surface area contributed by atoms with Gasteiger partial charge in [0.1, 0.15) is 17.6 Å². The van der Waals surface area contributed by atoms with E-state index in [1.807, 2.05) is 6.92 Å². The fourth-order valence-electron chi connectivity index (χ4n) is 3.51. The summed E-state index contributed by atoms with van der Waals surface area (Å²) in [7, 11) is 0. The zero-order valence-electron chi connectivity index (χ0n) is 15.6. The number of hydrogen-bond donors (Lipinski definition) is 2. The van der Waals surface area contributed by atoms with Crippen LogP contribution in [0, 0.1) is 20.8 Å². The second-order valence-electron chi connectivity index (χ2n) is 6.69. The number of aromatic nitrogens is 3. The van der Waals surface area contributed by atoms with Gasteiger partial charge < -0.3 is 14.6 Å². The van der Waals surface area contributed by atoms with Crippen LogP contribution in [0.15, 0.2) is 46.8 Å². The molecular weight excluding hydrogens is 360 g/mol. The van der Waals surface area contributed by atoms with E-state index in [0.717, 1.165) is 5.56 Å². The van der Waals surface area contributed by atoms with Gasteiger partial charge in [-0.15, -0.1) is 0 Å². The van der Waals surface area contributed by atoms with Gasteiger partial charge in [0.25, 0.3) is 5.78 Å². The minimum Gasteiger partial charge on any atom is -0.507 e. The first-order chi connectivity index (χ1) is 13.4. The van der Waals surface area contributed by atoms with Gasteiger partial charge in [0.2, 0.25) is 0 Å². The van der Waals surface area contributed by atoms with Crippen LogP contribution in [0.2, 0.25) is 0 Å². The molecule has 1 fully saturated rings. The molecule has 3 aromatic heterocycles. The summed E-state index contributed by atoms with van der Waals surface area (Å²) in [5.41, 5.74) is 2.36. The second kappa shape index (κ2) is 6.49. The molecule has 142 valence electrons. The Kier molecular flexibility index (Phi) is 4.11. The minimum atomic E-state index is -0.917. The maximum atomic E-state index is 12.9. The van der Waals surface area contributed by atoms with Gasteiger partial charge in [0, 0.05) is 29.7 Å². The molecule has 0 aliphatic carbocycles. The van der Waals surface area contributed by atoms with Gasteiger partial charge in [-0.1, -0.05) is 11.2 Å². The van der Waals surface area contributed by atoms with Crippen LogP contribution >= 0.6 is 0 Å². The summed E-state index contributed by atoms with van der Waals surface area (Å²) in [5, 5.41) is 14.9. The average Bonchev–Trinajstić information content (AvgIpc) is 3.33. The van der Waals surface area contributed by atoms with Crippen molar-refractivity contribution in [2.24, 2.45) is 0 Å². The van der Waals surface area contributed by atoms with Crippen LogP contribution in [-0.2, 0) is 9.59 Å². The summed E-state index contributed by atoms with van der Waals surface area (Å²) in [5.74, 6) is -1.15. The fourth-order valence-corrected chi connectivity index (χ4v) is 3.51. The number of nitrogens with zero attached hydrogens (tertiary/aromatic N) is 3. The van der Waals surface area contributed by atoms with Crippen molar-refractivity contribution in [1.29, 1.82) is 0 Å². The Labute approximate surface area is 160 Å². The van der Waals surface area contributed by atoms with E-state index < -0.39 is 17.7 Å². The number of aromatic amines is 1. The first-order valence-corrected chi connectivity index (χ1v) is 8.70. The van der Waals surface area contributed by atoms with E-state index in [1.54, 1.807) is 50.5 Å². The molecule has 1 unspecified atom stereocenters. The molecule has 0 bridgehead atoms. The third kappa shape index (κ3) is 2.61. The third-order valence-corrected chi connectivity index (χ3v) is 4.79. The van der Waals surface area contributed by atoms with E-state index in [-0.39, 0.29) is 17.2 Å². The molecule has 0 saturated carbocycles. The lowest BCUT2D eigenvalue weighted by atomic mass is 9.97. The van der Waals surface area contributed by atoms with E-state index >= 15 is 0 Å². The van der Waals surface area contributed by atoms with E-state index in [9.17, 15) is 14.7 Å². The molecular formula is C20H18N4O4. The van der Waals surface area contributed by atoms with Crippen molar-refractivity contribution < 1.29 is 19.2 Å². The maximum Gasteiger partial charge on any atom is 0.301 e. The minimum absolute atomic E-state index is 0.0323. The monoisotopic (exact) mass is 378 g/mol. The predicted octanol–water partition coefficient (Wildman–Crippen LogP) is 2.95. The quantitative estimate of drug-likeness (QED) is 0.412. The first-order valence-electron chi connectivity index (χ1n) is 8.70. The van der Waals surface area contributed by atoms with Crippen molar-refractivity contribution in [1.82, 2.24) is 15.1 Å². The topological polar surface area (TPSA) is 112 Å². The smallest absolute Gasteiger partial charge is 0.301 e. The number of ketones is 1. The highest BCUT2D eigenvalue weighted by atomic mass is 16.5. The molecule has 3 aromatic rings. The van der Waals surface area contributed by atoms with Gasteiger partial charge in [-0.2, -0.15) is 0 Å². The molecule has 1 saturated heterocycles. The van der Waals surface area contributed by atoms with E-state index in [0.29, 0.717) is 22.7 Å². The van der Waals surface area contributed by atoms with Crippen molar-refractivity contribution in [2.75, 3.05) is 4.90 Å². The van der Waals surface area contributed by atoms with Crippen molar-refractivity contribution in [3.05, 3.63) is 70.5 Å². The van der Waals surface area contributed by atoms with Gasteiger partial charge in [-0.25, -0.2) is 0 Å². The number of carbonyl (C=O) groups excluding carboxylic acids is 2. The number of aryl methyl sites for hydroxylation is 3. The van der Waals surface area contributed by atoms with Crippen LogP contribution in [0.25, 0.3) is 5.76 Å². The van der Waals surface area contributed by atoms with Crippen molar-refractivity contribution in [2.45, 2.75) is 26.8 Å². The number of rotatable bonds is 3. The summed E-state index contributed by atoms with van der Waals surface area (Å²) in [4.78, 5) is 34.3. The molecule has 0 aromatic carbocycles. The number of amides is 1. The molecule has 4 heterocycles. The van der Waals surface area contributed by atoms with Crippen LogP contribution < -0.4 is 4.90 Å². The Bertz CT molecular complexity index is 1090. The standard InChI is InChI=1S/C20H18N4O4/c1-10-9-22-12(3)15(10)18(25)16-17(13-6-4-5-7-21-13)24(20(27)19(16)26)14-8-11(2)28-23-14/h4-9,17,22,25H,1-3H3/b18-16+. The molecule has 8 heteroatoms. The summed E-state index contributed by atoms with van der Waals surface area (Å²) in [6.07, 6.45) is 3.30. The molecule has 28 heavy (non-hydrogen) atoms. The lowest BCUT2D eigenvalue weighted by Gasteiger charge is -2.21. The maximum absolute atomic E-state index is 12.9. The molecule has 1 aliphatic rings. The van der Waals surface area contributed by atoms with Crippen molar-refractivity contribution in [3.63, 3.8) is 0 Å². The number of hydrogen-bond acceptors (Lipinski definition) is 6. The van der Waals surface area contributed by atoms with Crippen molar-refractivity contribution in [3.8, 4) is 0 Å². The highest BCUT2D eigenvalue weighted by molar-refractivity contribution is 6.51. The highest BCUT2D eigenvalue weighted by Gasteiger charge is 2.49. The number of anilines is 1. The Hall–Kier alpha value is -3.68. The molecule has 2 N–H and O–H groups in total. The Balaban J connectivity index is 1.98. The number of H-pyrrole nitrogens is 1.